The summed E-state index contributed by atoms with van der Waals surface area (Å²) in [4.78, 5) is 6.57. The van der Waals surface area contributed by atoms with Gasteiger partial charge >= 0.3 is 0 Å². The van der Waals surface area contributed by atoms with Crippen molar-refractivity contribution in [1.82, 2.24) is 4.98 Å². The quantitative estimate of drug-likeness (QED) is 0.538. The maximum Gasteiger partial charge on any atom is 0.217 e. The highest BCUT2D eigenvalue weighted by Crippen LogP contribution is 2.23. The second-order valence-corrected chi connectivity index (χ2v) is 4.95. The van der Waals surface area contributed by atoms with E-state index in [2.05, 4.69) is 35.6 Å². The topological polar surface area (TPSA) is 51.4 Å². The lowest BCUT2D eigenvalue weighted by molar-refractivity contribution is 0.301. The number of hydrogen-bond acceptors (Lipinski definition) is 4. The van der Waals surface area contributed by atoms with E-state index in [1.807, 2.05) is 32.9 Å². The molecule has 4 heteroatoms. The van der Waals surface area contributed by atoms with Crippen molar-refractivity contribution in [2.24, 2.45) is 0 Å². The summed E-state index contributed by atoms with van der Waals surface area (Å²) in [7, 11) is 0. The lowest BCUT2D eigenvalue weighted by Crippen LogP contribution is -2.25. The minimum atomic E-state index is 0.507. The zero-order valence-electron chi connectivity index (χ0n) is 15.5. The minimum absolute atomic E-state index is 0.507. The van der Waals surface area contributed by atoms with E-state index in [1.165, 1.54) is 0 Å². The van der Waals surface area contributed by atoms with Gasteiger partial charge in [-0.05, 0) is 26.2 Å². The fraction of sp³-hybridized carbons (Fsp3) is 0.632. The maximum absolute atomic E-state index is 5.90. The van der Waals surface area contributed by atoms with Gasteiger partial charge in [-0.2, -0.15) is 4.98 Å². The van der Waals surface area contributed by atoms with Gasteiger partial charge in [0.1, 0.15) is 5.82 Å². The van der Waals surface area contributed by atoms with Crippen LogP contribution >= 0.6 is 0 Å². The fourth-order valence-corrected chi connectivity index (χ4v) is 2.14. The summed E-state index contributed by atoms with van der Waals surface area (Å²) < 4.78 is 5.69. The minimum Gasteiger partial charge on any atom is -0.478 e. The third-order valence-electron chi connectivity index (χ3n) is 3.03. The fourth-order valence-electron chi connectivity index (χ4n) is 2.14. The van der Waals surface area contributed by atoms with E-state index in [1.54, 1.807) is 0 Å². The van der Waals surface area contributed by atoms with Crippen molar-refractivity contribution in [1.29, 1.82) is 0 Å². The van der Waals surface area contributed by atoms with E-state index in [0.29, 0.717) is 18.3 Å². The van der Waals surface area contributed by atoms with E-state index >= 15 is 0 Å². The third kappa shape index (κ3) is 8.97. The number of rotatable bonds is 9. The molecule has 0 radical (unpaired) electrons. The van der Waals surface area contributed by atoms with Crippen molar-refractivity contribution in [3.8, 4) is 17.7 Å². The average Bonchev–Trinajstić information content (AvgIpc) is 2.56. The van der Waals surface area contributed by atoms with Crippen LogP contribution in [-0.4, -0.2) is 24.7 Å². The number of nitrogen functional groups attached to an aromatic ring is 1. The van der Waals surface area contributed by atoms with Crippen molar-refractivity contribution in [2.75, 3.05) is 30.3 Å². The number of nitrogens with two attached hydrogens (primary N) is 1. The number of unbranched alkanes of at least 4 members (excludes halogenated alkanes) is 1. The van der Waals surface area contributed by atoms with Crippen molar-refractivity contribution >= 4 is 11.5 Å². The van der Waals surface area contributed by atoms with E-state index in [0.717, 1.165) is 44.5 Å². The molecule has 0 bridgehead atoms. The zero-order valence-corrected chi connectivity index (χ0v) is 15.5. The summed E-state index contributed by atoms with van der Waals surface area (Å²) in [6, 6.07) is 3.90. The van der Waals surface area contributed by atoms with Gasteiger partial charge in [0.2, 0.25) is 5.88 Å². The molecule has 0 aliphatic rings. The summed E-state index contributed by atoms with van der Waals surface area (Å²) in [5.74, 6) is 7.02. The highest BCUT2D eigenvalue weighted by Gasteiger charge is 2.08. The molecule has 1 heterocycles. The molecular weight excluding hydrogens is 286 g/mol. The van der Waals surface area contributed by atoms with Gasteiger partial charge in [-0.1, -0.05) is 27.7 Å². The molecule has 0 amide bonds. The molecule has 0 atom stereocenters. The molecule has 23 heavy (non-hydrogen) atoms. The molecule has 1 aromatic heterocycles. The lowest BCUT2D eigenvalue weighted by atomic mass is 10.3. The van der Waals surface area contributed by atoms with Crippen LogP contribution in [0.25, 0.3) is 0 Å². The first-order valence-electron chi connectivity index (χ1n) is 8.76. The second kappa shape index (κ2) is 13.8. The van der Waals surface area contributed by atoms with Gasteiger partial charge in [0.25, 0.3) is 0 Å². The van der Waals surface area contributed by atoms with Gasteiger partial charge in [0.15, 0.2) is 0 Å². The zero-order chi connectivity index (χ0) is 17.5. The van der Waals surface area contributed by atoms with Gasteiger partial charge in [0, 0.05) is 37.3 Å². The van der Waals surface area contributed by atoms with Crippen LogP contribution in [0.1, 0.15) is 60.3 Å². The highest BCUT2D eigenvalue weighted by molar-refractivity contribution is 5.55. The predicted octanol–water partition coefficient (Wildman–Crippen LogP) is 4.50. The molecule has 0 fully saturated rings. The summed E-state index contributed by atoms with van der Waals surface area (Å²) in [5, 5.41) is 0. The van der Waals surface area contributed by atoms with Crippen LogP contribution in [-0.2, 0) is 0 Å². The Hall–Kier alpha value is -1.89. The molecule has 1 aromatic rings. The molecule has 0 unspecified atom stereocenters. The average molecular weight is 319 g/mol. The van der Waals surface area contributed by atoms with Crippen LogP contribution < -0.4 is 15.4 Å². The van der Waals surface area contributed by atoms with Crippen LogP contribution in [0.4, 0.5) is 11.5 Å². The number of anilines is 2. The standard InChI is InChI=1S/C17H27N3O.C2H6/c1-4-7-8-9-12-21-17-14-15(13-16(18)19-17)20(10-5-2)11-6-3;1-2/h13-14H,5-6,8-12H2,1-3H3,(H2,18,19);1-2H3. The predicted molar refractivity (Wildman–Crippen MR) is 101 cm³/mol. The molecule has 0 saturated carbocycles. The Balaban J connectivity index is 0.00000232. The normalized spacial score (nSPS) is 9.26. The molecule has 0 aromatic carbocycles. The van der Waals surface area contributed by atoms with Crippen LogP contribution in [0.2, 0.25) is 0 Å². The number of nitrogens with zero attached hydrogens (tertiary/aromatic N) is 2. The Morgan fingerprint density at radius 1 is 1.17 bits per heavy atom. The maximum atomic E-state index is 5.90. The monoisotopic (exact) mass is 319 g/mol. The number of pyridine rings is 1. The molecule has 130 valence electrons. The summed E-state index contributed by atoms with van der Waals surface area (Å²) >= 11 is 0. The largest absolute Gasteiger partial charge is 0.478 e. The van der Waals surface area contributed by atoms with Gasteiger partial charge in [0.05, 0.1) is 6.61 Å². The van der Waals surface area contributed by atoms with Crippen LogP contribution in [0.5, 0.6) is 5.88 Å². The van der Waals surface area contributed by atoms with Crippen molar-refractivity contribution in [2.45, 2.75) is 60.3 Å². The van der Waals surface area contributed by atoms with Crippen LogP contribution in [0.15, 0.2) is 12.1 Å². The Morgan fingerprint density at radius 2 is 1.83 bits per heavy atom. The molecule has 0 spiro atoms. The lowest BCUT2D eigenvalue weighted by Gasteiger charge is -2.24. The Labute approximate surface area is 142 Å². The first-order chi connectivity index (χ1) is 11.2. The van der Waals surface area contributed by atoms with E-state index < -0.39 is 0 Å². The SMILES string of the molecule is CC.CC#CCCCOc1cc(N(CCC)CCC)cc(N)n1. The Bertz CT molecular complexity index is 471. The molecule has 0 aliphatic carbocycles. The van der Waals surface area contributed by atoms with Gasteiger partial charge in [-0.3, -0.25) is 0 Å². The highest BCUT2D eigenvalue weighted by atomic mass is 16.5. The van der Waals surface area contributed by atoms with Crippen molar-refractivity contribution in [3.63, 3.8) is 0 Å². The van der Waals surface area contributed by atoms with Crippen LogP contribution in [0.3, 0.4) is 0 Å². The third-order valence-corrected chi connectivity index (χ3v) is 3.03. The first-order valence-corrected chi connectivity index (χ1v) is 8.76. The molecular formula is C19H33N3O. The smallest absolute Gasteiger partial charge is 0.217 e. The Kier molecular flexibility index (Phi) is 12.6. The summed E-state index contributed by atoms with van der Waals surface area (Å²) in [6.45, 7) is 12.9. The summed E-state index contributed by atoms with van der Waals surface area (Å²) in [5.41, 5.74) is 6.99. The first kappa shape index (κ1) is 21.1. The molecule has 2 N–H and O–H groups in total. The second-order valence-electron chi connectivity index (χ2n) is 4.95. The Morgan fingerprint density at radius 3 is 2.39 bits per heavy atom. The molecule has 1 rings (SSSR count). The number of aromatic nitrogens is 1. The van der Waals surface area contributed by atoms with Crippen LogP contribution in [0, 0.1) is 11.8 Å². The van der Waals surface area contributed by atoms with E-state index in [-0.39, 0.29) is 0 Å². The van der Waals surface area contributed by atoms with Gasteiger partial charge < -0.3 is 15.4 Å². The van der Waals surface area contributed by atoms with E-state index in [9.17, 15) is 0 Å². The number of ether oxygens (including phenoxy) is 1. The van der Waals surface area contributed by atoms with Gasteiger partial charge in [-0.25, -0.2) is 0 Å². The van der Waals surface area contributed by atoms with E-state index in [4.69, 9.17) is 10.5 Å². The molecule has 0 saturated heterocycles. The van der Waals surface area contributed by atoms with Crippen molar-refractivity contribution < 1.29 is 4.74 Å². The van der Waals surface area contributed by atoms with Gasteiger partial charge in [-0.15, -0.1) is 11.8 Å². The molecule has 0 aliphatic heterocycles. The number of hydrogen-bond donors (Lipinski definition) is 1. The molecule has 4 nitrogen and oxygen atoms in total. The van der Waals surface area contributed by atoms with Crippen molar-refractivity contribution in [3.05, 3.63) is 12.1 Å². The summed E-state index contributed by atoms with van der Waals surface area (Å²) in [6.07, 6.45) is 3.96.